The van der Waals surface area contributed by atoms with Crippen LogP contribution in [0.15, 0.2) is 65.8 Å². The smallest absolute Gasteiger partial charge is 0.291 e. The third-order valence-electron chi connectivity index (χ3n) is 3.77. The molecule has 3 rings (SSSR count). The number of nitrogens with one attached hydrogen (secondary N) is 1. The summed E-state index contributed by atoms with van der Waals surface area (Å²) in [5.74, 6) is -1.03. The van der Waals surface area contributed by atoms with E-state index in [1.165, 1.54) is 5.01 Å². The number of anilines is 1. The molecule has 0 fully saturated rings. The monoisotopic (exact) mass is 338 g/mol. The summed E-state index contributed by atoms with van der Waals surface area (Å²) >= 11 is 0. The van der Waals surface area contributed by atoms with Crippen LogP contribution in [0.3, 0.4) is 0 Å². The standard InChI is InChI=1S/C18H18N4O3/c19-17(23)16-11-15(20-22(16)14-9-5-2-6-10-14)18(24)21-25-12-13-7-3-1-4-8-13/h1-10,16H,11-12H2,(H2,19,23)(H,21,24)/t16-/m1/s1. The number of hydrogen-bond donors (Lipinski definition) is 2. The molecule has 1 atom stereocenters. The molecule has 0 unspecified atom stereocenters. The molecule has 7 nitrogen and oxygen atoms in total. The zero-order chi connectivity index (χ0) is 17.6. The predicted octanol–water partition coefficient (Wildman–Crippen LogP) is 1.35. The first kappa shape index (κ1) is 16.7. The van der Waals surface area contributed by atoms with Crippen molar-refractivity contribution in [3.63, 3.8) is 0 Å². The minimum Gasteiger partial charge on any atom is -0.368 e. The average Bonchev–Trinajstić information content (AvgIpc) is 3.09. The number of carbonyl (C=O) groups excluding carboxylic acids is 2. The second-order valence-electron chi connectivity index (χ2n) is 5.55. The summed E-state index contributed by atoms with van der Waals surface area (Å²) in [6, 6.07) is 17.8. The molecule has 0 aliphatic carbocycles. The summed E-state index contributed by atoms with van der Waals surface area (Å²) in [6.07, 6.45) is 0.130. The number of nitrogens with two attached hydrogens (primary N) is 1. The molecule has 1 heterocycles. The number of hydroxylamine groups is 1. The van der Waals surface area contributed by atoms with E-state index < -0.39 is 17.9 Å². The molecule has 0 bridgehead atoms. The Labute approximate surface area is 145 Å². The van der Waals surface area contributed by atoms with Crippen molar-refractivity contribution in [2.45, 2.75) is 19.1 Å². The lowest BCUT2D eigenvalue weighted by Gasteiger charge is -2.20. The van der Waals surface area contributed by atoms with Crippen LogP contribution in [0.2, 0.25) is 0 Å². The molecule has 0 aromatic heterocycles. The summed E-state index contributed by atoms with van der Waals surface area (Å²) in [7, 11) is 0. The van der Waals surface area contributed by atoms with Crippen LogP contribution < -0.4 is 16.2 Å². The van der Waals surface area contributed by atoms with E-state index in [1.54, 1.807) is 12.1 Å². The number of para-hydroxylation sites is 1. The second-order valence-corrected chi connectivity index (χ2v) is 5.55. The Morgan fingerprint density at radius 1 is 1.12 bits per heavy atom. The third-order valence-corrected chi connectivity index (χ3v) is 3.77. The maximum Gasteiger partial charge on any atom is 0.291 e. The molecule has 1 aliphatic rings. The highest BCUT2D eigenvalue weighted by atomic mass is 16.6. The number of carbonyl (C=O) groups is 2. The highest BCUT2D eigenvalue weighted by Crippen LogP contribution is 2.24. The van der Waals surface area contributed by atoms with Crippen molar-refractivity contribution in [1.82, 2.24) is 5.48 Å². The fourth-order valence-corrected chi connectivity index (χ4v) is 2.51. The fraction of sp³-hybridized carbons (Fsp3) is 0.167. The zero-order valence-electron chi connectivity index (χ0n) is 13.5. The van der Waals surface area contributed by atoms with Crippen molar-refractivity contribution >= 4 is 23.2 Å². The van der Waals surface area contributed by atoms with Crippen molar-refractivity contribution < 1.29 is 14.4 Å². The number of nitrogens with zero attached hydrogens (tertiary/aromatic N) is 2. The van der Waals surface area contributed by atoms with E-state index in [-0.39, 0.29) is 18.7 Å². The van der Waals surface area contributed by atoms with Crippen LogP contribution in [0.5, 0.6) is 0 Å². The average molecular weight is 338 g/mol. The van der Waals surface area contributed by atoms with Crippen LogP contribution >= 0.6 is 0 Å². The number of amides is 2. The molecular weight excluding hydrogens is 320 g/mol. The highest BCUT2D eigenvalue weighted by molar-refractivity contribution is 6.40. The van der Waals surface area contributed by atoms with E-state index in [0.29, 0.717) is 5.69 Å². The first-order valence-corrected chi connectivity index (χ1v) is 7.82. The van der Waals surface area contributed by atoms with Crippen LogP contribution in [0.25, 0.3) is 0 Å². The number of benzene rings is 2. The van der Waals surface area contributed by atoms with Gasteiger partial charge in [0.05, 0.1) is 12.3 Å². The van der Waals surface area contributed by atoms with Gasteiger partial charge in [-0.3, -0.25) is 19.4 Å². The molecule has 2 aromatic rings. The van der Waals surface area contributed by atoms with Crippen molar-refractivity contribution in [3.8, 4) is 0 Å². The molecular formula is C18H18N4O3. The number of rotatable bonds is 6. The third kappa shape index (κ3) is 4.02. The van der Waals surface area contributed by atoms with Crippen LogP contribution in [0, 0.1) is 0 Å². The number of hydrogen-bond acceptors (Lipinski definition) is 5. The Balaban J connectivity index is 1.65. The predicted molar refractivity (Wildman–Crippen MR) is 93.3 cm³/mol. The fourth-order valence-electron chi connectivity index (χ4n) is 2.51. The minimum absolute atomic E-state index is 0.130. The topological polar surface area (TPSA) is 97.0 Å². The summed E-state index contributed by atoms with van der Waals surface area (Å²) in [6.45, 7) is 0.238. The lowest BCUT2D eigenvalue weighted by Crippen LogP contribution is -2.39. The molecule has 25 heavy (non-hydrogen) atoms. The highest BCUT2D eigenvalue weighted by Gasteiger charge is 2.34. The van der Waals surface area contributed by atoms with Crippen LogP contribution in [0.4, 0.5) is 5.69 Å². The van der Waals surface area contributed by atoms with E-state index in [0.717, 1.165) is 5.56 Å². The van der Waals surface area contributed by atoms with Gasteiger partial charge >= 0.3 is 0 Å². The van der Waals surface area contributed by atoms with Crippen molar-refractivity contribution in [3.05, 3.63) is 66.2 Å². The van der Waals surface area contributed by atoms with Gasteiger partial charge in [-0.05, 0) is 17.7 Å². The molecule has 2 amide bonds. The first-order chi connectivity index (χ1) is 12.1. The lowest BCUT2D eigenvalue weighted by atomic mass is 10.1. The molecule has 0 saturated carbocycles. The van der Waals surface area contributed by atoms with Crippen LogP contribution in [-0.2, 0) is 21.0 Å². The van der Waals surface area contributed by atoms with Gasteiger partial charge in [-0.2, -0.15) is 5.10 Å². The molecule has 1 aliphatic heterocycles. The summed E-state index contributed by atoms with van der Waals surface area (Å²) < 4.78 is 0. The van der Waals surface area contributed by atoms with Crippen molar-refractivity contribution in [2.24, 2.45) is 10.8 Å². The molecule has 0 radical (unpaired) electrons. The van der Waals surface area contributed by atoms with Crippen LogP contribution in [0.1, 0.15) is 12.0 Å². The van der Waals surface area contributed by atoms with Gasteiger partial charge < -0.3 is 5.73 Å². The van der Waals surface area contributed by atoms with Crippen molar-refractivity contribution in [2.75, 3.05) is 5.01 Å². The molecule has 7 heteroatoms. The maximum atomic E-state index is 12.2. The van der Waals surface area contributed by atoms with Gasteiger partial charge in [-0.15, -0.1) is 0 Å². The van der Waals surface area contributed by atoms with Crippen molar-refractivity contribution in [1.29, 1.82) is 0 Å². The Morgan fingerprint density at radius 2 is 1.76 bits per heavy atom. The molecule has 128 valence electrons. The normalized spacial score (nSPS) is 16.4. The SMILES string of the molecule is NC(=O)[C@H]1CC(C(=O)NOCc2ccccc2)=NN1c1ccccc1. The van der Waals surface area contributed by atoms with E-state index in [1.807, 2.05) is 48.5 Å². The molecule has 3 N–H and O–H groups in total. The van der Waals surface area contributed by atoms with Crippen LogP contribution in [-0.4, -0.2) is 23.6 Å². The minimum atomic E-state index is -0.697. The van der Waals surface area contributed by atoms with E-state index in [4.69, 9.17) is 10.6 Å². The maximum absolute atomic E-state index is 12.2. The zero-order valence-corrected chi connectivity index (χ0v) is 13.5. The Hall–Kier alpha value is -3.19. The number of hydrazone groups is 1. The quantitative estimate of drug-likeness (QED) is 0.777. The van der Waals surface area contributed by atoms with Gasteiger partial charge in [0.2, 0.25) is 5.91 Å². The summed E-state index contributed by atoms with van der Waals surface area (Å²) in [5.41, 5.74) is 9.62. The second kappa shape index (κ2) is 7.59. The molecule has 0 spiro atoms. The Morgan fingerprint density at radius 3 is 2.40 bits per heavy atom. The number of primary amides is 1. The summed E-state index contributed by atoms with van der Waals surface area (Å²) in [5, 5.41) is 5.71. The van der Waals surface area contributed by atoms with Gasteiger partial charge in [0.15, 0.2) is 0 Å². The van der Waals surface area contributed by atoms with Gasteiger partial charge in [0.25, 0.3) is 5.91 Å². The largest absolute Gasteiger partial charge is 0.368 e. The van der Waals surface area contributed by atoms with E-state index in [2.05, 4.69) is 10.6 Å². The van der Waals surface area contributed by atoms with Gasteiger partial charge in [-0.1, -0.05) is 48.5 Å². The van der Waals surface area contributed by atoms with Gasteiger partial charge in [-0.25, -0.2) is 5.48 Å². The summed E-state index contributed by atoms with van der Waals surface area (Å²) in [4.78, 5) is 29.1. The Bertz CT molecular complexity index is 777. The van der Waals surface area contributed by atoms with E-state index >= 15 is 0 Å². The lowest BCUT2D eigenvalue weighted by molar-refractivity contribution is -0.127. The van der Waals surface area contributed by atoms with E-state index in [9.17, 15) is 9.59 Å². The molecule has 2 aromatic carbocycles. The van der Waals surface area contributed by atoms with Gasteiger partial charge in [0.1, 0.15) is 11.8 Å². The Kier molecular flexibility index (Phi) is 5.06. The van der Waals surface area contributed by atoms with Gasteiger partial charge in [0, 0.05) is 6.42 Å². The first-order valence-electron chi connectivity index (χ1n) is 7.82. The molecule has 0 saturated heterocycles.